The van der Waals surface area contributed by atoms with Gasteiger partial charge in [-0.05, 0) is 92.3 Å². The highest BCUT2D eigenvalue weighted by Crippen LogP contribution is 2.32. The highest BCUT2D eigenvalue weighted by Gasteiger charge is 2.27. The fourth-order valence-electron chi connectivity index (χ4n) is 4.48. The first kappa shape index (κ1) is 24.4. The molecule has 3 aromatic carbocycles. The minimum absolute atomic E-state index is 0.133. The van der Waals surface area contributed by atoms with E-state index in [9.17, 15) is 4.79 Å². The number of nitrogens with zero attached hydrogens (tertiary/aromatic N) is 3. The zero-order valence-corrected chi connectivity index (χ0v) is 20.5. The normalized spacial score (nSPS) is 15.8. The van der Waals surface area contributed by atoms with E-state index in [0.717, 1.165) is 31.8 Å². The van der Waals surface area contributed by atoms with E-state index in [0.29, 0.717) is 39.7 Å². The van der Waals surface area contributed by atoms with Gasteiger partial charge in [0.15, 0.2) is 0 Å². The monoisotopic (exact) mass is 492 g/mol. The standard InChI is InChI=1S/C30H28N4O3/c31-18-21-3-7-26(8-4-21)36-28-15-24(16-29(17-28)37-27-9-5-22(19-32)6-10-27)30(35)33-25-11-13-34(14-12-25)20-23-1-2-23/h3-10,15-17,23,25H,1-2,11-14,20H2,(H,33,35). The molecule has 0 atom stereocenters. The van der Waals surface area contributed by atoms with Crippen LogP contribution in [-0.4, -0.2) is 36.5 Å². The molecule has 0 bridgehead atoms. The lowest BCUT2D eigenvalue weighted by atomic mass is 10.0. The molecule has 1 aliphatic carbocycles. The Morgan fingerprint density at radius 1 is 0.784 bits per heavy atom. The second-order valence-corrected chi connectivity index (χ2v) is 9.66. The number of rotatable bonds is 8. The van der Waals surface area contributed by atoms with Gasteiger partial charge in [0.2, 0.25) is 0 Å². The van der Waals surface area contributed by atoms with Gasteiger partial charge >= 0.3 is 0 Å². The van der Waals surface area contributed by atoms with Crippen molar-refractivity contribution in [3.8, 4) is 35.1 Å². The predicted octanol–water partition coefficient (Wildman–Crippen LogP) is 5.62. The van der Waals surface area contributed by atoms with Crippen molar-refractivity contribution < 1.29 is 14.3 Å². The van der Waals surface area contributed by atoms with Gasteiger partial charge in [-0.3, -0.25) is 4.79 Å². The summed E-state index contributed by atoms with van der Waals surface area (Å²) in [6.07, 6.45) is 4.58. The van der Waals surface area contributed by atoms with Gasteiger partial charge in [0.25, 0.3) is 5.91 Å². The number of benzene rings is 3. The fraction of sp³-hybridized carbons (Fsp3) is 0.300. The van der Waals surface area contributed by atoms with E-state index in [1.807, 2.05) is 0 Å². The van der Waals surface area contributed by atoms with Crippen LogP contribution in [0.4, 0.5) is 0 Å². The molecule has 1 saturated carbocycles. The Morgan fingerprint density at radius 2 is 1.30 bits per heavy atom. The van der Waals surface area contributed by atoms with Crippen LogP contribution in [-0.2, 0) is 0 Å². The number of carbonyl (C=O) groups excluding carboxylic acids is 1. The number of amides is 1. The molecule has 1 amide bonds. The average molecular weight is 493 g/mol. The Bertz CT molecular complexity index is 1250. The van der Waals surface area contributed by atoms with Crippen molar-refractivity contribution in [2.24, 2.45) is 5.92 Å². The summed E-state index contributed by atoms with van der Waals surface area (Å²) < 4.78 is 12.0. The number of hydrogen-bond donors (Lipinski definition) is 1. The molecule has 0 aromatic heterocycles. The molecule has 2 aliphatic rings. The molecule has 3 aromatic rings. The van der Waals surface area contributed by atoms with Crippen LogP contribution in [0.5, 0.6) is 23.0 Å². The minimum Gasteiger partial charge on any atom is -0.457 e. The molecule has 7 nitrogen and oxygen atoms in total. The van der Waals surface area contributed by atoms with Crippen LogP contribution >= 0.6 is 0 Å². The third-order valence-corrected chi connectivity index (χ3v) is 6.72. The summed E-state index contributed by atoms with van der Waals surface area (Å²) >= 11 is 0. The summed E-state index contributed by atoms with van der Waals surface area (Å²) in [5.74, 6) is 2.68. The topological polar surface area (TPSA) is 98.4 Å². The molecule has 1 aliphatic heterocycles. The second kappa shape index (κ2) is 11.2. The highest BCUT2D eigenvalue weighted by molar-refractivity contribution is 5.95. The van der Waals surface area contributed by atoms with Crippen LogP contribution in [0.1, 0.15) is 47.2 Å². The third-order valence-electron chi connectivity index (χ3n) is 6.72. The molecule has 186 valence electrons. The zero-order valence-electron chi connectivity index (χ0n) is 20.5. The smallest absolute Gasteiger partial charge is 0.251 e. The molecule has 7 heteroatoms. The molecule has 1 heterocycles. The molecular weight excluding hydrogens is 464 g/mol. The van der Waals surface area contributed by atoms with Crippen LogP contribution in [0.3, 0.4) is 0 Å². The van der Waals surface area contributed by atoms with E-state index >= 15 is 0 Å². The maximum Gasteiger partial charge on any atom is 0.251 e. The number of carbonyl (C=O) groups is 1. The van der Waals surface area contributed by atoms with Crippen molar-refractivity contribution in [3.63, 3.8) is 0 Å². The first-order valence-corrected chi connectivity index (χ1v) is 12.6. The van der Waals surface area contributed by atoms with Crippen LogP contribution in [0.15, 0.2) is 66.7 Å². The van der Waals surface area contributed by atoms with E-state index in [4.69, 9.17) is 20.0 Å². The van der Waals surface area contributed by atoms with Gasteiger partial charge < -0.3 is 19.7 Å². The van der Waals surface area contributed by atoms with Gasteiger partial charge in [-0.2, -0.15) is 10.5 Å². The van der Waals surface area contributed by atoms with Crippen LogP contribution in [0, 0.1) is 28.6 Å². The molecule has 0 unspecified atom stereocenters. The number of likely N-dealkylation sites (tertiary alicyclic amines) is 1. The SMILES string of the molecule is N#Cc1ccc(Oc2cc(Oc3ccc(C#N)cc3)cc(C(=O)NC3CCN(CC4CC4)CC3)c2)cc1. The summed E-state index contributed by atoms with van der Waals surface area (Å²) in [4.78, 5) is 15.8. The molecule has 1 saturated heterocycles. The van der Waals surface area contributed by atoms with Gasteiger partial charge in [0, 0.05) is 37.3 Å². The Kier molecular flexibility index (Phi) is 7.35. The third kappa shape index (κ3) is 6.67. The van der Waals surface area contributed by atoms with Crippen molar-refractivity contribution in [2.45, 2.75) is 31.7 Å². The molecular formula is C30H28N4O3. The molecule has 2 fully saturated rings. The first-order valence-electron chi connectivity index (χ1n) is 12.6. The maximum absolute atomic E-state index is 13.3. The lowest BCUT2D eigenvalue weighted by molar-refractivity contribution is 0.0909. The van der Waals surface area contributed by atoms with Crippen LogP contribution in [0.25, 0.3) is 0 Å². The first-order chi connectivity index (χ1) is 18.1. The Hall–Kier alpha value is -4.33. The lowest BCUT2D eigenvalue weighted by Gasteiger charge is -2.32. The average Bonchev–Trinajstić information content (AvgIpc) is 3.74. The molecule has 0 spiro atoms. The quantitative estimate of drug-likeness (QED) is 0.438. The summed E-state index contributed by atoms with van der Waals surface area (Å²) in [6, 6.07) is 23.0. The molecule has 5 rings (SSSR count). The van der Waals surface area contributed by atoms with Gasteiger partial charge in [0.1, 0.15) is 23.0 Å². The van der Waals surface area contributed by atoms with Gasteiger partial charge in [0.05, 0.1) is 23.3 Å². The number of piperidine rings is 1. The Morgan fingerprint density at radius 3 is 1.76 bits per heavy atom. The predicted molar refractivity (Wildman–Crippen MR) is 139 cm³/mol. The zero-order chi connectivity index (χ0) is 25.6. The Labute approximate surface area is 216 Å². The van der Waals surface area contributed by atoms with E-state index < -0.39 is 0 Å². The van der Waals surface area contributed by atoms with Crippen molar-refractivity contribution in [1.29, 1.82) is 10.5 Å². The highest BCUT2D eigenvalue weighted by atomic mass is 16.5. The number of nitriles is 2. The van der Waals surface area contributed by atoms with E-state index in [1.54, 1.807) is 66.7 Å². The second-order valence-electron chi connectivity index (χ2n) is 9.66. The minimum atomic E-state index is -0.171. The van der Waals surface area contributed by atoms with E-state index in [-0.39, 0.29) is 11.9 Å². The van der Waals surface area contributed by atoms with Gasteiger partial charge in [-0.1, -0.05) is 0 Å². The summed E-state index contributed by atoms with van der Waals surface area (Å²) in [7, 11) is 0. The van der Waals surface area contributed by atoms with E-state index in [1.165, 1.54) is 19.4 Å². The fourth-order valence-corrected chi connectivity index (χ4v) is 4.48. The molecule has 0 radical (unpaired) electrons. The summed E-state index contributed by atoms with van der Waals surface area (Å²) in [5, 5.41) is 21.3. The van der Waals surface area contributed by atoms with Gasteiger partial charge in [-0.25, -0.2) is 0 Å². The molecule has 1 N–H and O–H groups in total. The number of hydrogen-bond acceptors (Lipinski definition) is 6. The van der Waals surface area contributed by atoms with Gasteiger partial charge in [-0.15, -0.1) is 0 Å². The summed E-state index contributed by atoms with van der Waals surface area (Å²) in [6.45, 7) is 3.21. The molecule has 37 heavy (non-hydrogen) atoms. The van der Waals surface area contributed by atoms with Crippen molar-refractivity contribution in [3.05, 3.63) is 83.4 Å². The number of ether oxygens (including phenoxy) is 2. The lowest BCUT2D eigenvalue weighted by Crippen LogP contribution is -2.45. The summed E-state index contributed by atoms with van der Waals surface area (Å²) in [5.41, 5.74) is 1.51. The Balaban J connectivity index is 1.32. The van der Waals surface area contributed by atoms with Crippen molar-refractivity contribution in [2.75, 3.05) is 19.6 Å². The van der Waals surface area contributed by atoms with Crippen molar-refractivity contribution in [1.82, 2.24) is 10.2 Å². The maximum atomic E-state index is 13.3. The van der Waals surface area contributed by atoms with Crippen molar-refractivity contribution >= 4 is 5.91 Å². The van der Waals surface area contributed by atoms with Crippen LogP contribution in [0.2, 0.25) is 0 Å². The van der Waals surface area contributed by atoms with Crippen LogP contribution < -0.4 is 14.8 Å². The number of nitrogens with one attached hydrogen (secondary N) is 1. The largest absolute Gasteiger partial charge is 0.457 e. The van der Waals surface area contributed by atoms with E-state index in [2.05, 4.69) is 22.4 Å².